The van der Waals surface area contributed by atoms with Gasteiger partial charge in [0.2, 0.25) is 11.9 Å². The molecule has 1 saturated heterocycles. The van der Waals surface area contributed by atoms with Crippen LogP contribution in [0.15, 0.2) is 18.2 Å². The van der Waals surface area contributed by atoms with Gasteiger partial charge in [-0.2, -0.15) is 0 Å². The topological polar surface area (TPSA) is 82.2 Å². The van der Waals surface area contributed by atoms with Gasteiger partial charge in [0.25, 0.3) is 0 Å². The van der Waals surface area contributed by atoms with Crippen LogP contribution in [0, 0.1) is 5.82 Å². The molecular formula is C14H17FN4O2. The summed E-state index contributed by atoms with van der Waals surface area (Å²) in [6, 6.07) is 4.32. The van der Waals surface area contributed by atoms with Crippen molar-refractivity contribution < 1.29 is 13.9 Å². The van der Waals surface area contributed by atoms with E-state index >= 15 is 0 Å². The minimum atomic E-state index is -0.943. The number of benzene rings is 1. The lowest BCUT2D eigenvalue weighted by molar-refractivity contribution is -0.124. The van der Waals surface area contributed by atoms with E-state index in [9.17, 15) is 9.18 Å². The van der Waals surface area contributed by atoms with Crippen LogP contribution < -0.4 is 11.1 Å². The maximum Gasteiger partial charge on any atom is 0.246 e. The average molecular weight is 292 g/mol. The second kappa shape index (κ2) is 5.09. The molecule has 0 radical (unpaired) electrons. The summed E-state index contributed by atoms with van der Waals surface area (Å²) in [5, 5.41) is 2.74. The van der Waals surface area contributed by atoms with Crippen LogP contribution >= 0.6 is 0 Å². The first-order valence-corrected chi connectivity index (χ1v) is 6.80. The summed E-state index contributed by atoms with van der Waals surface area (Å²) in [4.78, 5) is 16.6. The van der Waals surface area contributed by atoms with Crippen LogP contribution in [0.5, 0.6) is 0 Å². The number of halogens is 1. The Bertz CT molecular complexity index is 692. The predicted octanol–water partition coefficient (Wildman–Crippen LogP) is 1.16. The molecule has 21 heavy (non-hydrogen) atoms. The van der Waals surface area contributed by atoms with Gasteiger partial charge in [-0.1, -0.05) is 0 Å². The van der Waals surface area contributed by atoms with E-state index in [2.05, 4.69) is 10.3 Å². The molecule has 6 nitrogen and oxygen atoms in total. The van der Waals surface area contributed by atoms with Gasteiger partial charge in [0.15, 0.2) is 0 Å². The van der Waals surface area contributed by atoms with E-state index in [1.807, 2.05) is 0 Å². The zero-order valence-corrected chi connectivity index (χ0v) is 11.7. The summed E-state index contributed by atoms with van der Waals surface area (Å²) in [5.74, 6) is -0.292. The quantitative estimate of drug-likeness (QED) is 0.870. The summed E-state index contributed by atoms with van der Waals surface area (Å²) >= 11 is 0. The first-order valence-electron chi connectivity index (χ1n) is 6.80. The molecule has 1 aromatic heterocycles. The van der Waals surface area contributed by atoms with Gasteiger partial charge in [0, 0.05) is 26.3 Å². The molecule has 0 unspecified atom stereocenters. The summed E-state index contributed by atoms with van der Waals surface area (Å²) in [7, 11) is 1.76. The molecule has 0 atom stereocenters. The molecule has 2 aromatic rings. The Labute approximate surface area is 121 Å². The van der Waals surface area contributed by atoms with Crippen LogP contribution in [0.4, 0.5) is 10.3 Å². The van der Waals surface area contributed by atoms with Crippen molar-refractivity contribution in [3.8, 4) is 0 Å². The van der Waals surface area contributed by atoms with Crippen LogP contribution in [0.3, 0.4) is 0 Å². The van der Waals surface area contributed by atoms with Crippen molar-refractivity contribution >= 4 is 22.9 Å². The molecule has 1 aliphatic rings. The number of nitrogens with zero attached hydrogens (tertiary/aromatic N) is 2. The molecule has 112 valence electrons. The van der Waals surface area contributed by atoms with Crippen molar-refractivity contribution in [1.29, 1.82) is 0 Å². The minimum Gasteiger partial charge on any atom is -0.381 e. The molecule has 7 heteroatoms. The van der Waals surface area contributed by atoms with Crippen LogP contribution in [0.1, 0.15) is 12.8 Å². The first-order chi connectivity index (χ1) is 9.99. The van der Waals surface area contributed by atoms with Crippen molar-refractivity contribution in [2.45, 2.75) is 18.4 Å². The summed E-state index contributed by atoms with van der Waals surface area (Å²) in [5.41, 5.74) is 6.42. The van der Waals surface area contributed by atoms with Crippen molar-refractivity contribution in [2.75, 3.05) is 18.5 Å². The van der Waals surface area contributed by atoms with Gasteiger partial charge in [0.1, 0.15) is 11.4 Å². The number of anilines is 1. The molecule has 0 spiro atoms. The number of ether oxygens (including phenoxy) is 1. The zero-order chi connectivity index (χ0) is 15.0. The number of carbonyl (C=O) groups excluding carboxylic acids is 1. The lowest BCUT2D eigenvalue weighted by Gasteiger charge is -2.31. The van der Waals surface area contributed by atoms with E-state index in [0.29, 0.717) is 37.5 Å². The van der Waals surface area contributed by atoms with E-state index in [1.54, 1.807) is 17.7 Å². The Hall–Kier alpha value is -1.99. The normalized spacial score (nSPS) is 17.9. The Kier molecular flexibility index (Phi) is 3.38. The Morgan fingerprint density at radius 3 is 2.90 bits per heavy atom. The highest BCUT2D eigenvalue weighted by atomic mass is 19.1. The summed E-state index contributed by atoms with van der Waals surface area (Å²) < 4.78 is 20.2. The van der Waals surface area contributed by atoms with E-state index in [4.69, 9.17) is 10.5 Å². The number of rotatable bonds is 2. The van der Waals surface area contributed by atoms with Gasteiger partial charge in [-0.15, -0.1) is 0 Å². The number of nitrogens with one attached hydrogen (secondary N) is 1. The van der Waals surface area contributed by atoms with Gasteiger partial charge in [-0.3, -0.25) is 10.1 Å². The largest absolute Gasteiger partial charge is 0.381 e. The Morgan fingerprint density at radius 1 is 1.48 bits per heavy atom. The van der Waals surface area contributed by atoms with Crippen LogP contribution in [-0.4, -0.2) is 34.2 Å². The number of aryl methyl sites for hydroxylation is 1. The highest BCUT2D eigenvalue weighted by molar-refractivity contribution is 5.98. The van der Waals surface area contributed by atoms with Gasteiger partial charge < -0.3 is 15.0 Å². The number of aromatic nitrogens is 2. The molecule has 1 amide bonds. The predicted molar refractivity (Wildman–Crippen MR) is 76.3 cm³/mol. The third-order valence-electron chi connectivity index (χ3n) is 3.91. The third-order valence-corrected chi connectivity index (χ3v) is 3.91. The average Bonchev–Trinajstić information content (AvgIpc) is 2.75. The monoisotopic (exact) mass is 292 g/mol. The number of nitrogens with two attached hydrogens (primary N) is 1. The van der Waals surface area contributed by atoms with Crippen LogP contribution in [0.25, 0.3) is 11.0 Å². The fraction of sp³-hybridized carbons (Fsp3) is 0.429. The lowest BCUT2D eigenvalue weighted by atomic mass is 9.90. The number of hydrogen-bond acceptors (Lipinski definition) is 4. The number of carbonyl (C=O) groups is 1. The second-order valence-electron chi connectivity index (χ2n) is 5.35. The van der Waals surface area contributed by atoms with Gasteiger partial charge in [-0.05, 0) is 25.0 Å². The fourth-order valence-electron chi connectivity index (χ4n) is 2.47. The second-order valence-corrected chi connectivity index (χ2v) is 5.35. The van der Waals surface area contributed by atoms with Crippen molar-refractivity contribution in [3.63, 3.8) is 0 Å². The molecule has 3 rings (SSSR count). The maximum absolute atomic E-state index is 13.2. The van der Waals surface area contributed by atoms with Gasteiger partial charge >= 0.3 is 0 Å². The molecule has 0 saturated carbocycles. The molecule has 3 N–H and O–H groups in total. The third kappa shape index (κ3) is 2.50. The highest BCUT2D eigenvalue weighted by Crippen LogP contribution is 2.22. The van der Waals surface area contributed by atoms with Gasteiger partial charge in [0.05, 0.1) is 11.0 Å². The van der Waals surface area contributed by atoms with Gasteiger partial charge in [-0.25, -0.2) is 9.37 Å². The Balaban J connectivity index is 1.87. The molecule has 0 aliphatic carbocycles. The highest BCUT2D eigenvalue weighted by Gasteiger charge is 2.36. The minimum absolute atomic E-state index is 0.287. The first kappa shape index (κ1) is 14.0. The summed E-state index contributed by atoms with van der Waals surface area (Å²) in [6.07, 6.45) is 0.939. The molecule has 2 heterocycles. The standard InChI is InChI=1S/C14H17FN4O2/c1-19-11-3-2-9(15)8-10(11)17-13(19)18-12(20)14(16)4-6-21-7-5-14/h2-3,8H,4-7,16H2,1H3,(H,17,18,20). The Morgan fingerprint density at radius 2 is 2.19 bits per heavy atom. The molecule has 1 aliphatic heterocycles. The van der Waals surface area contributed by atoms with Crippen molar-refractivity contribution in [1.82, 2.24) is 9.55 Å². The number of amides is 1. The van der Waals surface area contributed by atoms with E-state index < -0.39 is 5.54 Å². The van der Waals surface area contributed by atoms with Crippen molar-refractivity contribution in [2.24, 2.45) is 12.8 Å². The van der Waals surface area contributed by atoms with E-state index in [-0.39, 0.29) is 11.7 Å². The van der Waals surface area contributed by atoms with E-state index in [1.165, 1.54) is 12.1 Å². The summed E-state index contributed by atoms with van der Waals surface area (Å²) in [6.45, 7) is 0.940. The molecule has 1 fully saturated rings. The number of fused-ring (bicyclic) bond motifs is 1. The molecule has 1 aromatic carbocycles. The SMILES string of the molecule is Cn1c(NC(=O)C2(N)CCOCC2)nc2cc(F)ccc21. The maximum atomic E-state index is 13.2. The smallest absolute Gasteiger partial charge is 0.246 e. The number of hydrogen-bond donors (Lipinski definition) is 2. The lowest BCUT2D eigenvalue weighted by Crippen LogP contribution is -2.54. The van der Waals surface area contributed by atoms with Crippen LogP contribution in [0.2, 0.25) is 0 Å². The molecule has 0 bridgehead atoms. The molecular weight excluding hydrogens is 275 g/mol. The zero-order valence-electron chi connectivity index (χ0n) is 11.7. The van der Waals surface area contributed by atoms with E-state index in [0.717, 1.165) is 5.52 Å². The number of imidazole rings is 1. The van der Waals surface area contributed by atoms with Crippen molar-refractivity contribution in [3.05, 3.63) is 24.0 Å². The van der Waals surface area contributed by atoms with Crippen LogP contribution in [-0.2, 0) is 16.6 Å². The fourth-order valence-corrected chi connectivity index (χ4v) is 2.47.